The van der Waals surface area contributed by atoms with Crippen LogP contribution in [0.4, 0.5) is 5.69 Å². The zero-order chi connectivity index (χ0) is 12.1. The van der Waals surface area contributed by atoms with Crippen molar-refractivity contribution in [2.45, 2.75) is 13.3 Å². The SMILES string of the molecule is CCCOCCNc1c(Cl)ccc2nsnc12. The lowest BCUT2D eigenvalue weighted by Gasteiger charge is -2.08. The van der Waals surface area contributed by atoms with Gasteiger partial charge in [0.1, 0.15) is 11.0 Å². The average Bonchev–Trinajstić information content (AvgIpc) is 2.79. The van der Waals surface area contributed by atoms with E-state index in [1.165, 1.54) is 11.7 Å². The van der Waals surface area contributed by atoms with Crippen LogP contribution in [-0.2, 0) is 4.74 Å². The molecule has 4 nitrogen and oxygen atoms in total. The summed E-state index contributed by atoms with van der Waals surface area (Å²) in [5, 5.41) is 3.92. The Morgan fingerprint density at radius 2 is 2.24 bits per heavy atom. The second kappa shape index (κ2) is 6.14. The van der Waals surface area contributed by atoms with Crippen molar-refractivity contribution in [1.82, 2.24) is 8.75 Å². The van der Waals surface area contributed by atoms with Crippen molar-refractivity contribution in [3.8, 4) is 0 Å². The van der Waals surface area contributed by atoms with Crippen LogP contribution >= 0.6 is 23.3 Å². The molecule has 17 heavy (non-hydrogen) atoms. The molecule has 0 saturated heterocycles. The Bertz CT molecular complexity index is 489. The summed E-state index contributed by atoms with van der Waals surface area (Å²) >= 11 is 7.33. The molecule has 0 aliphatic heterocycles. The quantitative estimate of drug-likeness (QED) is 0.820. The first-order valence-electron chi connectivity index (χ1n) is 5.55. The molecule has 1 aromatic heterocycles. The maximum atomic E-state index is 6.13. The summed E-state index contributed by atoms with van der Waals surface area (Å²) in [5.41, 5.74) is 2.55. The molecule has 0 bridgehead atoms. The molecule has 0 saturated carbocycles. The van der Waals surface area contributed by atoms with Gasteiger partial charge in [-0.05, 0) is 18.6 Å². The van der Waals surface area contributed by atoms with Gasteiger partial charge in [-0.1, -0.05) is 18.5 Å². The molecule has 0 atom stereocenters. The molecule has 0 aliphatic rings. The van der Waals surface area contributed by atoms with Crippen LogP contribution in [0.15, 0.2) is 12.1 Å². The van der Waals surface area contributed by atoms with Gasteiger partial charge in [0.2, 0.25) is 0 Å². The number of aromatic nitrogens is 2. The molecule has 0 spiro atoms. The third-order valence-corrected chi connectivity index (χ3v) is 3.13. The van der Waals surface area contributed by atoms with Crippen molar-refractivity contribution < 1.29 is 4.74 Å². The van der Waals surface area contributed by atoms with Crippen LogP contribution < -0.4 is 5.32 Å². The van der Waals surface area contributed by atoms with E-state index >= 15 is 0 Å². The molecule has 1 N–H and O–H groups in total. The van der Waals surface area contributed by atoms with E-state index in [2.05, 4.69) is 21.0 Å². The standard InChI is InChI=1S/C11H14ClN3OS/c1-2-6-16-7-5-13-10-8(12)3-4-9-11(10)15-17-14-9/h3-4,13H,2,5-7H2,1H3. The van der Waals surface area contributed by atoms with Crippen LogP contribution in [0, 0.1) is 0 Å². The van der Waals surface area contributed by atoms with Gasteiger partial charge in [-0.25, -0.2) is 0 Å². The molecular weight excluding hydrogens is 258 g/mol. The Balaban J connectivity index is 2.02. The molecule has 0 amide bonds. The Morgan fingerprint density at radius 3 is 3.06 bits per heavy atom. The van der Waals surface area contributed by atoms with Crippen molar-refractivity contribution in [1.29, 1.82) is 0 Å². The fourth-order valence-electron chi connectivity index (χ4n) is 1.49. The van der Waals surface area contributed by atoms with Gasteiger partial charge in [-0.2, -0.15) is 8.75 Å². The van der Waals surface area contributed by atoms with Gasteiger partial charge in [0, 0.05) is 13.2 Å². The lowest BCUT2D eigenvalue weighted by Crippen LogP contribution is -2.10. The van der Waals surface area contributed by atoms with E-state index < -0.39 is 0 Å². The smallest absolute Gasteiger partial charge is 0.129 e. The van der Waals surface area contributed by atoms with Gasteiger partial charge in [0.15, 0.2) is 0 Å². The van der Waals surface area contributed by atoms with E-state index in [1.54, 1.807) is 0 Å². The summed E-state index contributed by atoms with van der Waals surface area (Å²) in [7, 11) is 0. The fraction of sp³-hybridized carbons (Fsp3) is 0.455. The van der Waals surface area contributed by atoms with E-state index in [0.29, 0.717) is 11.6 Å². The molecule has 1 aromatic carbocycles. The normalized spacial score (nSPS) is 10.9. The van der Waals surface area contributed by atoms with Crippen LogP contribution in [0.5, 0.6) is 0 Å². The highest BCUT2D eigenvalue weighted by molar-refractivity contribution is 7.00. The van der Waals surface area contributed by atoms with Gasteiger partial charge >= 0.3 is 0 Å². The molecule has 6 heteroatoms. The summed E-state index contributed by atoms with van der Waals surface area (Å²) in [4.78, 5) is 0. The Morgan fingerprint density at radius 1 is 1.35 bits per heavy atom. The zero-order valence-corrected chi connectivity index (χ0v) is 11.1. The Kier molecular flexibility index (Phi) is 4.53. The van der Waals surface area contributed by atoms with E-state index in [4.69, 9.17) is 16.3 Å². The summed E-state index contributed by atoms with van der Waals surface area (Å²) in [6, 6.07) is 3.71. The summed E-state index contributed by atoms with van der Waals surface area (Å²) < 4.78 is 13.8. The van der Waals surface area contributed by atoms with E-state index in [-0.39, 0.29) is 0 Å². The predicted octanol–water partition coefficient (Wildman–Crippen LogP) is 3.18. The van der Waals surface area contributed by atoms with Crippen LogP contribution in [0.2, 0.25) is 5.02 Å². The largest absolute Gasteiger partial charge is 0.380 e. The maximum absolute atomic E-state index is 6.13. The van der Waals surface area contributed by atoms with Crippen LogP contribution in [0.25, 0.3) is 11.0 Å². The highest BCUT2D eigenvalue weighted by atomic mass is 35.5. The van der Waals surface area contributed by atoms with Crippen molar-refractivity contribution in [2.24, 2.45) is 0 Å². The number of hydrogen-bond donors (Lipinski definition) is 1. The second-order valence-corrected chi connectivity index (χ2v) is 4.53. The van der Waals surface area contributed by atoms with Gasteiger partial charge in [-0.15, -0.1) is 0 Å². The van der Waals surface area contributed by atoms with E-state index in [1.807, 2.05) is 12.1 Å². The van der Waals surface area contributed by atoms with Crippen LogP contribution in [0.3, 0.4) is 0 Å². The van der Waals surface area contributed by atoms with Crippen molar-refractivity contribution in [2.75, 3.05) is 25.1 Å². The molecule has 2 aromatic rings. The number of benzene rings is 1. The number of fused-ring (bicyclic) bond motifs is 1. The highest BCUT2D eigenvalue weighted by Gasteiger charge is 2.08. The molecule has 0 unspecified atom stereocenters. The fourth-order valence-corrected chi connectivity index (χ4v) is 2.25. The van der Waals surface area contributed by atoms with Crippen molar-refractivity contribution >= 4 is 40.0 Å². The first-order chi connectivity index (χ1) is 8.33. The van der Waals surface area contributed by atoms with Crippen molar-refractivity contribution in [3.05, 3.63) is 17.2 Å². The molecule has 0 aliphatic carbocycles. The minimum absolute atomic E-state index is 0.665. The summed E-state index contributed by atoms with van der Waals surface area (Å²) in [6.07, 6.45) is 1.03. The summed E-state index contributed by atoms with van der Waals surface area (Å²) in [5.74, 6) is 0. The average molecular weight is 272 g/mol. The van der Waals surface area contributed by atoms with Crippen LogP contribution in [0.1, 0.15) is 13.3 Å². The van der Waals surface area contributed by atoms with Gasteiger partial charge in [0.25, 0.3) is 0 Å². The second-order valence-electron chi connectivity index (χ2n) is 3.59. The van der Waals surface area contributed by atoms with E-state index in [0.717, 1.165) is 36.3 Å². The molecule has 0 fully saturated rings. The first kappa shape index (κ1) is 12.5. The number of anilines is 1. The molecule has 0 radical (unpaired) electrons. The topological polar surface area (TPSA) is 47.0 Å². The number of ether oxygens (including phenoxy) is 1. The highest BCUT2D eigenvalue weighted by Crippen LogP contribution is 2.29. The number of halogens is 1. The number of nitrogens with one attached hydrogen (secondary N) is 1. The number of nitrogens with zero attached hydrogens (tertiary/aromatic N) is 2. The third kappa shape index (κ3) is 3.06. The maximum Gasteiger partial charge on any atom is 0.129 e. The number of hydrogen-bond acceptors (Lipinski definition) is 5. The van der Waals surface area contributed by atoms with Crippen LogP contribution in [-0.4, -0.2) is 28.5 Å². The Hall–Kier alpha value is -0.910. The molecule has 2 rings (SSSR count). The zero-order valence-electron chi connectivity index (χ0n) is 9.57. The predicted molar refractivity (Wildman–Crippen MR) is 72.0 cm³/mol. The monoisotopic (exact) mass is 271 g/mol. The summed E-state index contributed by atoms with van der Waals surface area (Å²) in [6.45, 7) is 4.26. The minimum Gasteiger partial charge on any atom is -0.380 e. The number of rotatable bonds is 6. The minimum atomic E-state index is 0.665. The lowest BCUT2D eigenvalue weighted by atomic mass is 10.2. The van der Waals surface area contributed by atoms with Crippen molar-refractivity contribution in [3.63, 3.8) is 0 Å². The molecular formula is C11H14ClN3OS. The van der Waals surface area contributed by atoms with Gasteiger partial charge in [0.05, 0.1) is 29.0 Å². The van der Waals surface area contributed by atoms with Gasteiger partial charge in [-0.3, -0.25) is 0 Å². The van der Waals surface area contributed by atoms with E-state index in [9.17, 15) is 0 Å². The van der Waals surface area contributed by atoms with Gasteiger partial charge < -0.3 is 10.1 Å². The molecule has 1 heterocycles. The molecule has 92 valence electrons. The first-order valence-corrected chi connectivity index (χ1v) is 6.66. The third-order valence-electron chi connectivity index (χ3n) is 2.27. The Labute approximate surface area is 109 Å². The lowest BCUT2D eigenvalue weighted by molar-refractivity contribution is 0.144.